The molecule has 0 saturated carbocycles. The standard InChI is InChI=1S/C20H20INO2/c1-5-9-24-20-18(21)11-16(12-19(20)23-6-2)13-22-17-8-7-14(3)15(4)10-17/h1,7-8,10-13H,6,9H2,2-4H3. The predicted octanol–water partition coefficient (Wildman–Crippen LogP) is 5.07. The minimum Gasteiger partial charge on any atom is -0.490 e. The number of benzene rings is 2. The van der Waals surface area contributed by atoms with Crippen molar-refractivity contribution in [1.29, 1.82) is 0 Å². The van der Waals surface area contributed by atoms with Crippen LogP contribution in [0.4, 0.5) is 5.69 Å². The van der Waals surface area contributed by atoms with Crippen molar-refractivity contribution >= 4 is 34.5 Å². The second-order valence-electron chi connectivity index (χ2n) is 5.28. The van der Waals surface area contributed by atoms with Gasteiger partial charge in [0.25, 0.3) is 0 Å². The Morgan fingerprint density at radius 3 is 2.62 bits per heavy atom. The number of hydrogen-bond donors (Lipinski definition) is 0. The zero-order chi connectivity index (χ0) is 17.5. The van der Waals surface area contributed by atoms with Crippen molar-refractivity contribution in [2.75, 3.05) is 13.2 Å². The Balaban J connectivity index is 2.31. The molecule has 0 fully saturated rings. The summed E-state index contributed by atoms with van der Waals surface area (Å²) in [5, 5.41) is 0. The maximum Gasteiger partial charge on any atom is 0.175 e. The molecule has 0 heterocycles. The summed E-state index contributed by atoms with van der Waals surface area (Å²) in [4.78, 5) is 4.56. The van der Waals surface area contributed by atoms with Crippen molar-refractivity contribution in [2.24, 2.45) is 4.99 Å². The smallest absolute Gasteiger partial charge is 0.175 e. The van der Waals surface area contributed by atoms with Crippen LogP contribution >= 0.6 is 22.6 Å². The van der Waals surface area contributed by atoms with E-state index in [1.807, 2.05) is 31.3 Å². The lowest BCUT2D eigenvalue weighted by atomic mass is 10.1. The van der Waals surface area contributed by atoms with E-state index < -0.39 is 0 Å². The largest absolute Gasteiger partial charge is 0.490 e. The molecule has 0 unspecified atom stereocenters. The van der Waals surface area contributed by atoms with Crippen molar-refractivity contribution in [1.82, 2.24) is 0 Å². The highest BCUT2D eigenvalue weighted by atomic mass is 127. The Labute approximate surface area is 157 Å². The molecule has 0 spiro atoms. The Hall–Kier alpha value is -2.00. The van der Waals surface area contributed by atoms with Crippen LogP contribution < -0.4 is 9.47 Å². The molecule has 3 nitrogen and oxygen atoms in total. The quantitative estimate of drug-likeness (QED) is 0.362. The molecule has 2 aromatic rings. The predicted molar refractivity (Wildman–Crippen MR) is 108 cm³/mol. The normalized spacial score (nSPS) is 10.6. The summed E-state index contributed by atoms with van der Waals surface area (Å²) in [5.74, 6) is 3.84. The molecule has 0 aliphatic rings. The average molecular weight is 433 g/mol. The van der Waals surface area contributed by atoms with Gasteiger partial charge in [-0.25, -0.2) is 0 Å². The molecule has 0 aliphatic heterocycles. The molecule has 24 heavy (non-hydrogen) atoms. The van der Waals surface area contributed by atoms with Crippen LogP contribution in [0.3, 0.4) is 0 Å². The lowest BCUT2D eigenvalue weighted by Crippen LogP contribution is -2.02. The SMILES string of the molecule is C#CCOc1c(I)cc(C=Nc2ccc(C)c(C)c2)cc1OCC. The summed E-state index contributed by atoms with van der Waals surface area (Å²) in [5.41, 5.74) is 4.37. The molecular formula is C20H20INO2. The fourth-order valence-corrected chi connectivity index (χ4v) is 2.92. The first-order valence-electron chi connectivity index (χ1n) is 7.69. The summed E-state index contributed by atoms with van der Waals surface area (Å²) in [6.45, 7) is 6.89. The average Bonchev–Trinajstić information content (AvgIpc) is 2.55. The van der Waals surface area contributed by atoms with Gasteiger partial charge in [0.2, 0.25) is 0 Å². The second-order valence-corrected chi connectivity index (χ2v) is 6.44. The maximum atomic E-state index is 5.68. The summed E-state index contributed by atoms with van der Waals surface area (Å²) in [6.07, 6.45) is 7.11. The first-order chi connectivity index (χ1) is 11.5. The fourth-order valence-electron chi connectivity index (χ4n) is 2.13. The molecular weight excluding hydrogens is 413 g/mol. The summed E-state index contributed by atoms with van der Waals surface area (Å²) in [6, 6.07) is 10.1. The molecule has 0 radical (unpaired) electrons. The summed E-state index contributed by atoms with van der Waals surface area (Å²) in [7, 11) is 0. The molecule has 0 bridgehead atoms. The van der Waals surface area contributed by atoms with Crippen molar-refractivity contribution in [2.45, 2.75) is 20.8 Å². The number of terminal acetylenes is 1. The molecule has 0 amide bonds. The molecule has 2 rings (SSSR count). The van der Waals surface area contributed by atoms with Crippen molar-refractivity contribution in [3.8, 4) is 23.8 Å². The highest BCUT2D eigenvalue weighted by Gasteiger charge is 2.11. The van der Waals surface area contributed by atoms with Crippen LogP contribution in [-0.2, 0) is 0 Å². The third kappa shape index (κ3) is 4.75. The number of rotatable bonds is 6. The van der Waals surface area contributed by atoms with Crippen LogP contribution in [0, 0.1) is 29.8 Å². The lowest BCUT2D eigenvalue weighted by molar-refractivity contribution is 0.298. The first-order valence-corrected chi connectivity index (χ1v) is 8.77. The van der Waals surface area contributed by atoms with Gasteiger partial charge in [0.15, 0.2) is 11.5 Å². The van der Waals surface area contributed by atoms with Gasteiger partial charge < -0.3 is 9.47 Å². The number of ether oxygens (including phenoxy) is 2. The number of hydrogen-bond acceptors (Lipinski definition) is 3. The van der Waals surface area contributed by atoms with E-state index in [2.05, 4.69) is 59.5 Å². The zero-order valence-corrected chi connectivity index (χ0v) is 16.3. The van der Waals surface area contributed by atoms with Crippen LogP contribution in [-0.4, -0.2) is 19.4 Å². The molecule has 0 aromatic heterocycles. The number of aliphatic imine (C=N–C) groups is 1. The first kappa shape index (κ1) is 18.3. The van der Waals surface area contributed by atoms with Gasteiger partial charge in [-0.2, -0.15) is 0 Å². The molecule has 0 saturated heterocycles. The van der Waals surface area contributed by atoms with Gasteiger partial charge in [-0.05, 0) is 84.3 Å². The van der Waals surface area contributed by atoms with E-state index in [1.54, 1.807) is 0 Å². The molecule has 4 heteroatoms. The number of nitrogens with zero attached hydrogens (tertiary/aromatic N) is 1. The maximum absolute atomic E-state index is 5.68. The topological polar surface area (TPSA) is 30.8 Å². The van der Waals surface area contributed by atoms with Gasteiger partial charge in [0, 0.05) is 6.21 Å². The molecule has 0 N–H and O–H groups in total. The Morgan fingerprint density at radius 1 is 1.17 bits per heavy atom. The Kier molecular flexibility index (Phi) is 6.68. The minimum absolute atomic E-state index is 0.214. The van der Waals surface area contributed by atoms with Gasteiger partial charge in [-0.1, -0.05) is 12.0 Å². The highest BCUT2D eigenvalue weighted by Crippen LogP contribution is 2.34. The number of aryl methyl sites for hydroxylation is 2. The van der Waals surface area contributed by atoms with E-state index in [-0.39, 0.29) is 6.61 Å². The lowest BCUT2D eigenvalue weighted by Gasteiger charge is -2.13. The van der Waals surface area contributed by atoms with Crippen LogP contribution in [0.25, 0.3) is 0 Å². The van der Waals surface area contributed by atoms with E-state index in [1.165, 1.54) is 11.1 Å². The summed E-state index contributed by atoms with van der Waals surface area (Å²) >= 11 is 2.22. The van der Waals surface area contributed by atoms with Crippen molar-refractivity contribution in [3.63, 3.8) is 0 Å². The van der Waals surface area contributed by atoms with Gasteiger partial charge in [0.05, 0.1) is 15.9 Å². The van der Waals surface area contributed by atoms with Crippen molar-refractivity contribution in [3.05, 3.63) is 50.6 Å². The van der Waals surface area contributed by atoms with Crippen LogP contribution in [0.1, 0.15) is 23.6 Å². The van der Waals surface area contributed by atoms with E-state index in [0.717, 1.165) is 14.8 Å². The van der Waals surface area contributed by atoms with Crippen LogP contribution in [0.5, 0.6) is 11.5 Å². The third-order valence-electron chi connectivity index (χ3n) is 3.48. The van der Waals surface area contributed by atoms with E-state index >= 15 is 0 Å². The Morgan fingerprint density at radius 2 is 1.96 bits per heavy atom. The third-order valence-corrected chi connectivity index (χ3v) is 4.29. The second kappa shape index (κ2) is 8.74. The van der Waals surface area contributed by atoms with Gasteiger partial charge in [-0.15, -0.1) is 6.42 Å². The monoisotopic (exact) mass is 433 g/mol. The van der Waals surface area contributed by atoms with Gasteiger partial charge in [-0.3, -0.25) is 4.99 Å². The van der Waals surface area contributed by atoms with Crippen LogP contribution in [0.2, 0.25) is 0 Å². The highest BCUT2D eigenvalue weighted by molar-refractivity contribution is 14.1. The van der Waals surface area contributed by atoms with Crippen molar-refractivity contribution < 1.29 is 9.47 Å². The van der Waals surface area contributed by atoms with Gasteiger partial charge in [0.1, 0.15) is 6.61 Å². The van der Waals surface area contributed by atoms with E-state index in [9.17, 15) is 0 Å². The Bertz CT molecular complexity index is 791. The minimum atomic E-state index is 0.214. The fraction of sp³-hybridized carbons (Fsp3) is 0.250. The van der Waals surface area contributed by atoms with Crippen LogP contribution in [0.15, 0.2) is 35.3 Å². The van der Waals surface area contributed by atoms with E-state index in [4.69, 9.17) is 15.9 Å². The molecule has 0 atom stereocenters. The molecule has 124 valence electrons. The van der Waals surface area contributed by atoms with Gasteiger partial charge >= 0.3 is 0 Å². The summed E-state index contributed by atoms with van der Waals surface area (Å²) < 4.78 is 12.2. The zero-order valence-electron chi connectivity index (χ0n) is 14.1. The molecule has 2 aromatic carbocycles. The molecule has 0 aliphatic carbocycles. The number of halogens is 1. The van der Waals surface area contributed by atoms with E-state index in [0.29, 0.717) is 18.1 Å².